The SMILES string of the molecule is COc1cc2nc(N(CCN(C)C)C(=O)C3=COCCO3)sc2cc1OC. The Morgan fingerprint density at radius 3 is 2.56 bits per heavy atom. The van der Waals surface area contributed by atoms with Crippen LogP contribution in [0.25, 0.3) is 10.2 Å². The molecule has 0 spiro atoms. The van der Waals surface area contributed by atoms with Crippen LogP contribution in [-0.4, -0.2) is 70.4 Å². The first-order chi connectivity index (χ1) is 13.0. The second-order valence-corrected chi connectivity index (χ2v) is 7.14. The molecule has 9 heteroatoms. The third-order valence-corrected chi connectivity index (χ3v) is 5.03. The predicted molar refractivity (Wildman–Crippen MR) is 104 cm³/mol. The molecule has 8 nitrogen and oxygen atoms in total. The van der Waals surface area contributed by atoms with E-state index in [0.29, 0.717) is 42.9 Å². The third kappa shape index (κ3) is 4.25. The minimum Gasteiger partial charge on any atom is -0.494 e. The molecule has 0 N–H and O–H groups in total. The number of nitrogens with zero attached hydrogens (tertiary/aromatic N) is 3. The highest BCUT2D eigenvalue weighted by atomic mass is 32.1. The molecule has 1 aromatic carbocycles. The number of methoxy groups -OCH3 is 2. The number of fused-ring (bicyclic) bond motifs is 1. The van der Waals surface area contributed by atoms with Crippen LogP contribution in [0, 0.1) is 0 Å². The summed E-state index contributed by atoms with van der Waals surface area (Å²) in [5, 5.41) is 0.585. The quantitative estimate of drug-likeness (QED) is 0.713. The Labute approximate surface area is 161 Å². The normalized spacial score (nSPS) is 13.7. The van der Waals surface area contributed by atoms with Crippen molar-refractivity contribution in [3.05, 3.63) is 24.2 Å². The average molecular weight is 393 g/mol. The lowest BCUT2D eigenvalue weighted by Crippen LogP contribution is -2.38. The van der Waals surface area contributed by atoms with Gasteiger partial charge in [0.25, 0.3) is 5.91 Å². The largest absolute Gasteiger partial charge is 0.494 e. The number of likely N-dealkylation sites (N-methyl/N-ethyl adjacent to an activating group) is 1. The van der Waals surface area contributed by atoms with Gasteiger partial charge in [-0.05, 0) is 14.1 Å². The van der Waals surface area contributed by atoms with E-state index in [2.05, 4.69) is 4.98 Å². The third-order valence-electron chi connectivity index (χ3n) is 3.99. The van der Waals surface area contributed by atoms with Crippen molar-refractivity contribution >= 4 is 32.6 Å². The Morgan fingerprint density at radius 2 is 1.93 bits per heavy atom. The van der Waals surface area contributed by atoms with Gasteiger partial charge in [-0.2, -0.15) is 0 Å². The standard InChI is InChI=1S/C18H23N3O5S/c1-20(2)5-6-21(17(22)15-11-25-7-8-26-15)18-19-12-9-13(23-3)14(24-4)10-16(12)27-18/h9-11H,5-8H2,1-4H3. The number of hydrogen-bond acceptors (Lipinski definition) is 8. The number of hydrogen-bond donors (Lipinski definition) is 0. The summed E-state index contributed by atoms with van der Waals surface area (Å²) in [7, 11) is 7.08. The Hall–Kier alpha value is -2.52. The van der Waals surface area contributed by atoms with Gasteiger partial charge in [0.05, 0.1) is 24.4 Å². The second kappa shape index (κ2) is 8.45. The van der Waals surface area contributed by atoms with E-state index in [4.69, 9.17) is 18.9 Å². The predicted octanol–water partition coefficient (Wildman–Crippen LogP) is 2.10. The van der Waals surface area contributed by atoms with Crippen LogP contribution in [0.15, 0.2) is 24.2 Å². The maximum atomic E-state index is 13.0. The van der Waals surface area contributed by atoms with Crippen LogP contribution in [0.4, 0.5) is 5.13 Å². The van der Waals surface area contributed by atoms with E-state index in [-0.39, 0.29) is 11.7 Å². The highest BCUT2D eigenvalue weighted by molar-refractivity contribution is 7.22. The second-order valence-electron chi connectivity index (χ2n) is 6.13. The molecule has 1 aliphatic rings. The number of carbonyl (C=O) groups excluding carboxylic acids is 1. The number of amides is 1. The lowest BCUT2D eigenvalue weighted by molar-refractivity contribution is -0.119. The van der Waals surface area contributed by atoms with Crippen LogP contribution in [0.5, 0.6) is 11.5 Å². The van der Waals surface area contributed by atoms with Crippen LogP contribution in [0.3, 0.4) is 0 Å². The summed E-state index contributed by atoms with van der Waals surface area (Å²) < 4.78 is 22.3. The lowest BCUT2D eigenvalue weighted by atomic mass is 10.3. The number of benzene rings is 1. The molecule has 27 heavy (non-hydrogen) atoms. The van der Waals surface area contributed by atoms with Crippen molar-refractivity contribution in [2.45, 2.75) is 0 Å². The molecule has 0 saturated heterocycles. The summed E-state index contributed by atoms with van der Waals surface area (Å²) in [6.07, 6.45) is 1.37. The van der Waals surface area contributed by atoms with Gasteiger partial charge in [-0.25, -0.2) is 4.98 Å². The maximum Gasteiger partial charge on any atom is 0.298 e. The molecule has 146 valence electrons. The van der Waals surface area contributed by atoms with E-state index >= 15 is 0 Å². The van der Waals surface area contributed by atoms with Gasteiger partial charge in [0.15, 0.2) is 16.6 Å². The molecule has 1 aromatic heterocycles. The molecule has 0 fully saturated rings. The van der Waals surface area contributed by atoms with Gasteiger partial charge in [-0.15, -0.1) is 0 Å². The van der Waals surface area contributed by atoms with Crippen LogP contribution >= 0.6 is 11.3 Å². The van der Waals surface area contributed by atoms with Gasteiger partial charge in [-0.3, -0.25) is 9.69 Å². The number of aromatic nitrogens is 1. The molecule has 0 unspecified atom stereocenters. The Balaban J connectivity index is 1.97. The van der Waals surface area contributed by atoms with Gasteiger partial charge >= 0.3 is 0 Å². The molecule has 0 radical (unpaired) electrons. The molecule has 0 bridgehead atoms. The number of ether oxygens (including phenoxy) is 4. The summed E-state index contributed by atoms with van der Waals surface area (Å²) in [5.74, 6) is 1.14. The number of rotatable bonds is 7. The Morgan fingerprint density at radius 1 is 1.19 bits per heavy atom. The summed E-state index contributed by atoms with van der Waals surface area (Å²) in [5.41, 5.74) is 0.741. The molecule has 0 saturated carbocycles. The van der Waals surface area contributed by atoms with Crippen LogP contribution < -0.4 is 14.4 Å². The number of carbonyl (C=O) groups is 1. The fraction of sp³-hybridized carbons (Fsp3) is 0.444. The molecule has 0 atom stereocenters. The van der Waals surface area contributed by atoms with Crippen molar-refractivity contribution in [2.24, 2.45) is 0 Å². The van der Waals surface area contributed by atoms with Gasteiger partial charge in [-0.1, -0.05) is 11.3 Å². The zero-order valence-corrected chi connectivity index (χ0v) is 16.7. The van der Waals surface area contributed by atoms with Crippen molar-refractivity contribution in [1.82, 2.24) is 9.88 Å². The van der Waals surface area contributed by atoms with Crippen LogP contribution in [0.2, 0.25) is 0 Å². The minimum atomic E-state index is -0.269. The average Bonchev–Trinajstić information content (AvgIpc) is 3.09. The molecular formula is C18H23N3O5S. The first-order valence-electron chi connectivity index (χ1n) is 8.47. The van der Waals surface area contributed by atoms with Crippen LogP contribution in [-0.2, 0) is 14.3 Å². The highest BCUT2D eigenvalue weighted by Gasteiger charge is 2.26. The van der Waals surface area contributed by atoms with E-state index in [1.165, 1.54) is 17.6 Å². The molecular weight excluding hydrogens is 370 g/mol. The minimum absolute atomic E-state index is 0.189. The van der Waals surface area contributed by atoms with Gasteiger partial charge in [0.2, 0.25) is 5.76 Å². The fourth-order valence-electron chi connectivity index (χ4n) is 2.56. The molecule has 2 aromatic rings. The number of anilines is 1. The topological polar surface area (TPSA) is 73.4 Å². The van der Waals surface area contributed by atoms with Gasteiger partial charge in [0.1, 0.15) is 19.5 Å². The first kappa shape index (κ1) is 19.2. The van der Waals surface area contributed by atoms with E-state index < -0.39 is 0 Å². The van der Waals surface area contributed by atoms with Crippen molar-refractivity contribution < 1.29 is 23.7 Å². The monoisotopic (exact) mass is 393 g/mol. The van der Waals surface area contributed by atoms with Crippen molar-refractivity contribution in [3.63, 3.8) is 0 Å². The maximum absolute atomic E-state index is 13.0. The molecule has 1 amide bonds. The fourth-order valence-corrected chi connectivity index (χ4v) is 3.56. The summed E-state index contributed by atoms with van der Waals surface area (Å²) in [6, 6.07) is 3.67. The van der Waals surface area contributed by atoms with Gasteiger partial charge in [0, 0.05) is 25.2 Å². The van der Waals surface area contributed by atoms with Crippen molar-refractivity contribution in [2.75, 3.05) is 59.5 Å². The van der Waals surface area contributed by atoms with E-state index in [1.54, 1.807) is 19.1 Å². The molecule has 1 aliphatic heterocycles. The van der Waals surface area contributed by atoms with E-state index in [0.717, 1.165) is 10.2 Å². The molecule has 2 heterocycles. The smallest absolute Gasteiger partial charge is 0.298 e. The molecule has 3 rings (SSSR count). The summed E-state index contributed by atoms with van der Waals surface area (Å²) in [6.45, 7) is 1.95. The Kier molecular flexibility index (Phi) is 6.02. The summed E-state index contributed by atoms with van der Waals surface area (Å²) in [4.78, 5) is 21.2. The number of thiazole rings is 1. The van der Waals surface area contributed by atoms with Gasteiger partial charge < -0.3 is 23.8 Å². The summed E-state index contributed by atoms with van der Waals surface area (Å²) >= 11 is 1.41. The van der Waals surface area contributed by atoms with Crippen molar-refractivity contribution in [3.8, 4) is 11.5 Å². The zero-order valence-electron chi connectivity index (χ0n) is 15.9. The highest BCUT2D eigenvalue weighted by Crippen LogP contribution is 2.37. The first-order valence-corrected chi connectivity index (χ1v) is 9.29. The molecule has 0 aliphatic carbocycles. The lowest BCUT2D eigenvalue weighted by Gasteiger charge is -2.24. The zero-order chi connectivity index (χ0) is 19.4. The van der Waals surface area contributed by atoms with E-state index in [9.17, 15) is 4.79 Å². The Bertz CT molecular complexity index is 808. The van der Waals surface area contributed by atoms with E-state index in [1.807, 2.05) is 31.1 Å². The van der Waals surface area contributed by atoms with Crippen molar-refractivity contribution in [1.29, 1.82) is 0 Å². The van der Waals surface area contributed by atoms with Crippen LogP contribution in [0.1, 0.15) is 0 Å².